The maximum atomic E-state index is 11.1. The summed E-state index contributed by atoms with van der Waals surface area (Å²) in [5.41, 5.74) is 0.322. The molecule has 74 valence electrons. The lowest BCUT2D eigenvalue weighted by Gasteiger charge is -2.12. The molecular formula is C9H15NO3. The van der Waals surface area contributed by atoms with E-state index in [0.29, 0.717) is 18.4 Å². The first kappa shape index (κ1) is 11.7. The molecule has 0 unspecified atom stereocenters. The largest absolute Gasteiger partial charge is 0.480 e. The van der Waals surface area contributed by atoms with Crippen molar-refractivity contribution >= 4 is 11.9 Å². The first-order valence-corrected chi connectivity index (χ1v) is 4.18. The summed E-state index contributed by atoms with van der Waals surface area (Å²) in [6.45, 7) is 6.83. The van der Waals surface area contributed by atoms with Crippen molar-refractivity contribution in [3.05, 3.63) is 12.2 Å². The molecule has 0 spiro atoms. The van der Waals surface area contributed by atoms with E-state index in [4.69, 9.17) is 5.11 Å². The Labute approximate surface area is 77.6 Å². The number of aliphatic carboxylic acids is 1. The first-order chi connectivity index (χ1) is 5.99. The molecule has 0 rings (SSSR count). The highest BCUT2D eigenvalue weighted by Gasteiger charge is 2.18. The molecule has 13 heavy (non-hydrogen) atoms. The second-order valence-corrected chi connectivity index (χ2v) is 2.93. The van der Waals surface area contributed by atoms with Crippen molar-refractivity contribution in [1.29, 1.82) is 0 Å². The molecule has 0 radical (unpaired) electrons. The average Bonchev–Trinajstić information content (AvgIpc) is 2.03. The van der Waals surface area contributed by atoms with E-state index in [2.05, 4.69) is 11.9 Å². The molecular weight excluding hydrogens is 170 g/mol. The highest BCUT2D eigenvalue weighted by atomic mass is 16.4. The lowest BCUT2D eigenvalue weighted by Crippen LogP contribution is -2.40. The molecule has 0 aliphatic heterocycles. The second-order valence-electron chi connectivity index (χ2n) is 2.93. The van der Waals surface area contributed by atoms with Crippen LogP contribution in [0.2, 0.25) is 0 Å². The lowest BCUT2D eigenvalue weighted by atomic mass is 10.1. The van der Waals surface area contributed by atoms with Gasteiger partial charge in [0.2, 0.25) is 5.91 Å². The minimum atomic E-state index is -1.00. The summed E-state index contributed by atoms with van der Waals surface area (Å²) in [5.74, 6) is -1.41. The number of carboxylic acid groups (broad SMARTS) is 1. The number of hydrogen-bond donors (Lipinski definition) is 2. The van der Waals surface area contributed by atoms with Crippen LogP contribution in [0.4, 0.5) is 0 Å². The van der Waals surface area contributed by atoms with Gasteiger partial charge in [-0.15, -0.1) is 0 Å². The fraction of sp³-hybridized carbons (Fsp3) is 0.556. The maximum Gasteiger partial charge on any atom is 0.326 e. The first-order valence-electron chi connectivity index (χ1n) is 4.18. The zero-order valence-electron chi connectivity index (χ0n) is 7.96. The van der Waals surface area contributed by atoms with Crippen LogP contribution in [0.5, 0.6) is 0 Å². The van der Waals surface area contributed by atoms with Gasteiger partial charge in [-0.2, -0.15) is 0 Å². The van der Waals surface area contributed by atoms with Gasteiger partial charge in [-0.25, -0.2) is 4.79 Å². The molecule has 0 aromatic rings. The molecule has 4 heteroatoms. The number of nitrogens with one attached hydrogen (secondary N) is 1. The number of amides is 1. The Kier molecular flexibility index (Phi) is 4.80. The van der Waals surface area contributed by atoms with Gasteiger partial charge in [-0.3, -0.25) is 4.79 Å². The molecule has 1 amide bonds. The number of carbonyl (C=O) groups excluding carboxylic acids is 1. The summed E-state index contributed by atoms with van der Waals surface area (Å²) in [6, 6.07) is -0.797. The molecule has 0 saturated heterocycles. The van der Waals surface area contributed by atoms with Crippen molar-refractivity contribution < 1.29 is 14.7 Å². The van der Waals surface area contributed by atoms with Crippen molar-refractivity contribution in [3.63, 3.8) is 0 Å². The van der Waals surface area contributed by atoms with Crippen LogP contribution >= 0.6 is 0 Å². The lowest BCUT2D eigenvalue weighted by molar-refractivity contribution is -0.141. The summed E-state index contributed by atoms with van der Waals surface area (Å²) >= 11 is 0. The summed E-state index contributed by atoms with van der Waals surface area (Å²) < 4.78 is 0. The summed E-state index contributed by atoms with van der Waals surface area (Å²) in [5, 5.41) is 11.1. The Morgan fingerprint density at radius 1 is 1.54 bits per heavy atom. The zero-order chi connectivity index (χ0) is 10.4. The quantitative estimate of drug-likeness (QED) is 0.626. The Bertz CT molecular complexity index is 223. The van der Waals surface area contributed by atoms with Crippen LogP contribution in [0.25, 0.3) is 0 Å². The molecule has 0 aromatic heterocycles. The zero-order valence-corrected chi connectivity index (χ0v) is 7.96. The highest BCUT2D eigenvalue weighted by molar-refractivity contribution is 5.94. The molecule has 1 atom stereocenters. The van der Waals surface area contributed by atoms with Crippen LogP contribution in [0.15, 0.2) is 12.2 Å². The molecule has 0 heterocycles. The van der Waals surface area contributed by atoms with Crippen LogP contribution in [0.3, 0.4) is 0 Å². The third-order valence-electron chi connectivity index (χ3n) is 1.57. The number of carboxylic acids is 1. The van der Waals surface area contributed by atoms with Crippen molar-refractivity contribution in [1.82, 2.24) is 5.32 Å². The van der Waals surface area contributed by atoms with E-state index in [1.54, 1.807) is 6.92 Å². The van der Waals surface area contributed by atoms with Gasteiger partial charge >= 0.3 is 5.97 Å². The van der Waals surface area contributed by atoms with Gasteiger partial charge < -0.3 is 10.4 Å². The van der Waals surface area contributed by atoms with Gasteiger partial charge in [0.25, 0.3) is 0 Å². The SMILES string of the molecule is C=C(C)C(=O)N[C@@H](CCC)C(=O)O. The van der Waals surface area contributed by atoms with E-state index in [0.717, 1.165) is 0 Å². The van der Waals surface area contributed by atoms with Crippen LogP contribution in [0, 0.1) is 0 Å². The smallest absolute Gasteiger partial charge is 0.326 e. The fourth-order valence-electron chi connectivity index (χ4n) is 0.828. The second kappa shape index (κ2) is 5.35. The van der Waals surface area contributed by atoms with Crippen LogP contribution in [0.1, 0.15) is 26.7 Å². The van der Waals surface area contributed by atoms with Gasteiger partial charge in [0.15, 0.2) is 0 Å². The molecule has 0 saturated carbocycles. The van der Waals surface area contributed by atoms with Crippen molar-refractivity contribution in [2.45, 2.75) is 32.7 Å². The predicted molar refractivity (Wildman–Crippen MR) is 49.3 cm³/mol. The van der Waals surface area contributed by atoms with E-state index < -0.39 is 17.9 Å². The summed E-state index contributed by atoms with van der Waals surface area (Å²) in [7, 11) is 0. The Morgan fingerprint density at radius 2 is 2.08 bits per heavy atom. The van der Waals surface area contributed by atoms with Crippen LogP contribution in [-0.4, -0.2) is 23.0 Å². The molecule has 0 aromatic carbocycles. The predicted octanol–water partition coefficient (Wildman–Crippen LogP) is 0.932. The highest BCUT2D eigenvalue weighted by Crippen LogP contribution is 1.98. The van der Waals surface area contributed by atoms with E-state index in [1.165, 1.54) is 0 Å². The van der Waals surface area contributed by atoms with Gasteiger partial charge in [0, 0.05) is 5.57 Å². The van der Waals surface area contributed by atoms with Crippen LogP contribution in [-0.2, 0) is 9.59 Å². The maximum absolute atomic E-state index is 11.1. The van der Waals surface area contributed by atoms with Crippen molar-refractivity contribution in [2.24, 2.45) is 0 Å². The summed E-state index contributed by atoms with van der Waals surface area (Å²) in [4.78, 5) is 21.7. The normalized spacial score (nSPS) is 11.8. The van der Waals surface area contributed by atoms with Crippen molar-refractivity contribution in [2.75, 3.05) is 0 Å². The third-order valence-corrected chi connectivity index (χ3v) is 1.57. The Hall–Kier alpha value is -1.32. The standard InChI is InChI=1S/C9H15NO3/c1-4-5-7(9(12)13)10-8(11)6(2)3/h7H,2,4-5H2,1,3H3,(H,10,11)(H,12,13)/t7-/m0/s1. The minimum absolute atomic E-state index is 0.322. The van der Waals surface area contributed by atoms with Gasteiger partial charge in [-0.05, 0) is 13.3 Å². The van der Waals surface area contributed by atoms with E-state index >= 15 is 0 Å². The molecule has 0 fully saturated rings. The van der Waals surface area contributed by atoms with Gasteiger partial charge in [0.05, 0.1) is 0 Å². The minimum Gasteiger partial charge on any atom is -0.480 e. The van der Waals surface area contributed by atoms with E-state index in [-0.39, 0.29) is 0 Å². The molecule has 0 bridgehead atoms. The molecule has 0 aliphatic carbocycles. The van der Waals surface area contributed by atoms with E-state index in [1.807, 2.05) is 6.92 Å². The number of hydrogen-bond acceptors (Lipinski definition) is 2. The van der Waals surface area contributed by atoms with Crippen LogP contribution < -0.4 is 5.32 Å². The summed E-state index contributed by atoms with van der Waals surface area (Å²) in [6.07, 6.45) is 1.15. The number of carbonyl (C=O) groups is 2. The Morgan fingerprint density at radius 3 is 2.38 bits per heavy atom. The van der Waals surface area contributed by atoms with E-state index in [9.17, 15) is 9.59 Å². The molecule has 4 nitrogen and oxygen atoms in total. The third kappa shape index (κ3) is 4.30. The average molecular weight is 185 g/mol. The van der Waals surface area contributed by atoms with Gasteiger partial charge in [-0.1, -0.05) is 19.9 Å². The Balaban J connectivity index is 4.17. The van der Waals surface area contributed by atoms with Crippen molar-refractivity contribution in [3.8, 4) is 0 Å². The fourth-order valence-corrected chi connectivity index (χ4v) is 0.828. The monoisotopic (exact) mass is 185 g/mol. The van der Waals surface area contributed by atoms with Gasteiger partial charge in [0.1, 0.15) is 6.04 Å². The molecule has 2 N–H and O–H groups in total. The topological polar surface area (TPSA) is 66.4 Å². The molecule has 0 aliphatic rings. The number of rotatable bonds is 5.